The summed E-state index contributed by atoms with van der Waals surface area (Å²) in [6.07, 6.45) is 2.46. The van der Waals surface area contributed by atoms with Crippen LogP contribution < -0.4 is 15.9 Å². The lowest BCUT2D eigenvalue weighted by atomic mass is 10.2. The molecule has 30 heavy (non-hydrogen) atoms. The number of aromatic nitrogens is 3. The van der Waals surface area contributed by atoms with Crippen molar-refractivity contribution in [2.24, 2.45) is 0 Å². The lowest BCUT2D eigenvalue weighted by Crippen LogP contribution is -2.44. The molecule has 4 rings (SSSR count). The van der Waals surface area contributed by atoms with Gasteiger partial charge in [-0.25, -0.2) is 9.36 Å². The van der Waals surface area contributed by atoms with Gasteiger partial charge >= 0.3 is 5.97 Å². The van der Waals surface area contributed by atoms with E-state index in [1.165, 1.54) is 10.5 Å². The Labute approximate surface area is 173 Å². The minimum atomic E-state index is -0.545. The molecule has 0 radical (unpaired) electrons. The molecule has 0 aromatic carbocycles. The zero-order valence-corrected chi connectivity index (χ0v) is 17.0. The molecule has 0 atom stereocenters. The van der Waals surface area contributed by atoms with Crippen molar-refractivity contribution in [3.8, 4) is 0 Å². The maximum atomic E-state index is 13.1. The molecule has 4 heterocycles. The van der Waals surface area contributed by atoms with Crippen LogP contribution in [0.1, 0.15) is 23.7 Å². The van der Waals surface area contributed by atoms with Crippen LogP contribution in [0.4, 0.5) is 5.82 Å². The van der Waals surface area contributed by atoms with Crippen molar-refractivity contribution >= 4 is 28.5 Å². The van der Waals surface area contributed by atoms with E-state index in [-0.39, 0.29) is 23.5 Å². The molecule has 0 spiro atoms. The average Bonchev–Trinajstić information content (AvgIpc) is 2.76. The van der Waals surface area contributed by atoms with E-state index in [1.807, 2.05) is 6.07 Å². The molecule has 0 saturated carbocycles. The number of pyridine rings is 2. The van der Waals surface area contributed by atoms with E-state index < -0.39 is 5.97 Å². The quantitative estimate of drug-likeness (QED) is 0.360. The van der Waals surface area contributed by atoms with Crippen LogP contribution in [0.5, 0.6) is 0 Å². The SMILES string of the molecule is CCOC(=O)c1cc2c(=O)n3ccccc3nc2[n+](CCCN2CCOCC2)c1N. The zero-order valence-electron chi connectivity index (χ0n) is 17.0. The second kappa shape index (κ2) is 8.76. The Morgan fingerprint density at radius 1 is 1.33 bits per heavy atom. The fraction of sp³-hybridized carbons (Fsp3) is 0.429. The van der Waals surface area contributed by atoms with Gasteiger partial charge in [0.2, 0.25) is 11.5 Å². The molecule has 1 saturated heterocycles. The van der Waals surface area contributed by atoms with Gasteiger partial charge < -0.3 is 15.2 Å². The zero-order chi connectivity index (χ0) is 21.1. The van der Waals surface area contributed by atoms with Gasteiger partial charge in [0.15, 0.2) is 0 Å². The molecule has 2 N–H and O–H groups in total. The number of carbonyl (C=O) groups is 1. The molecule has 0 amide bonds. The van der Waals surface area contributed by atoms with Crippen molar-refractivity contribution in [1.29, 1.82) is 0 Å². The van der Waals surface area contributed by atoms with Gasteiger partial charge in [-0.05, 0) is 31.5 Å². The first kappa shape index (κ1) is 20.2. The van der Waals surface area contributed by atoms with Crippen molar-refractivity contribution in [1.82, 2.24) is 14.3 Å². The highest BCUT2D eigenvalue weighted by molar-refractivity contribution is 5.96. The van der Waals surface area contributed by atoms with E-state index in [1.54, 1.807) is 29.8 Å². The summed E-state index contributed by atoms with van der Waals surface area (Å²) in [5.41, 5.74) is 7.31. The standard InChI is InChI=1S/C21H25N5O4/c1-2-30-21(28)15-14-16-19(23-17-6-3-4-8-25(17)20(16)27)26(18(15)22)9-5-7-24-10-12-29-13-11-24/h3-4,6,8,14,22H,2,5,7,9-13H2,1H3/p+1. The maximum absolute atomic E-state index is 13.1. The Kier molecular flexibility index (Phi) is 5.91. The summed E-state index contributed by atoms with van der Waals surface area (Å²) in [5.74, 6) is -0.286. The maximum Gasteiger partial charge on any atom is 0.344 e. The van der Waals surface area contributed by atoms with Crippen LogP contribution in [0.15, 0.2) is 35.3 Å². The number of rotatable bonds is 6. The van der Waals surface area contributed by atoms with Crippen LogP contribution in [-0.2, 0) is 16.0 Å². The number of nitrogen functional groups attached to an aromatic ring is 1. The summed E-state index contributed by atoms with van der Waals surface area (Å²) in [5, 5.41) is 0.335. The van der Waals surface area contributed by atoms with Gasteiger partial charge in [-0.2, -0.15) is 0 Å². The summed E-state index contributed by atoms with van der Waals surface area (Å²) in [7, 11) is 0. The van der Waals surface area contributed by atoms with Gasteiger partial charge in [0, 0.05) is 25.8 Å². The lowest BCUT2D eigenvalue weighted by molar-refractivity contribution is -0.659. The number of hydrogen-bond donors (Lipinski definition) is 1. The number of esters is 1. The highest BCUT2D eigenvalue weighted by atomic mass is 16.5. The predicted molar refractivity (Wildman–Crippen MR) is 111 cm³/mol. The molecule has 0 aliphatic carbocycles. The second-order valence-electron chi connectivity index (χ2n) is 7.21. The number of aryl methyl sites for hydroxylation is 1. The van der Waals surface area contributed by atoms with Gasteiger partial charge in [-0.1, -0.05) is 11.1 Å². The van der Waals surface area contributed by atoms with Gasteiger partial charge in [0.05, 0.1) is 26.4 Å². The van der Waals surface area contributed by atoms with E-state index in [9.17, 15) is 9.59 Å². The molecule has 0 unspecified atom stereocenters. The van der Waals surface area contributed by atoms with Crippen molar-refractivity contribution < 1.29 is 18.8 Å². The fourth-order valence-electron chi connectivity index (χ4n) is 3.78. The Balaban J connectivity index is 1.79. The van der Waals surface area contributed by atoms with Gasteiger partial charge in [0.1, 0.15) is 10.9 Å². The van der Waals surface area contributed by atoms with Crippen molar-refractivity contribution in [3.05, 3.63) is 46.4 Å². The molecular weight excluding hydrogens is 386 g/mol. The van der Waals surface area contributed by atoms with Crippen molar-refractivity contribution in [2.75, 3.05) is 45.2 Å². The average molecular weight is 412 g/mol. The Morgan fingerprint density at radius 2 is 2.13 bits per heavy atom. The molecular formula is C21H26N5O4+. The Bertz CT molecular complexity index is 1140. The Hall–Kier alpha value is -3.04. The monoisotopic (exact) mass is 412 g/mol. The highest BCUT2D eigenvalue weighted by Gasteiger charge is 2.25. The van der Waals surface area contributed by atoms with Crippen LogP contribution in [-0.4, -0.2) is 59.7 Å². The van der Waals surface area contributed by atoms with E-state index in [4.69, 9.17) is 15.2 Å². The second-order valence-corrected chi connectivity index (χ2v) is 7.21. The third-order valence-electron chi connectivity index (χ3n) is 5.32. The number of hydrogen-bond acceptors (Lipinski definition) is 7. The lowest BCUT2D eigenvalue weighted by Gasteiger charge is -2.26. The van der Waals surface area contributed by atoms with Gasteiger partial charge in [-0.3, -0.25) is 14.1 Å². The van der Waals surface area contributed by atoms with Gasteiger partial charge in [0.25, 0.3) is 11.2 Å². The van der Waals surface area contributed by atoms with E-state index in [0.29, 0.717) is 23.2 Å². The highest BCUT2D eigenvalue weighted by Crippen LogP contribution is 2.16. The van der Waals surface area contributed by atoms with Crippen molar-refractivity contribution in [2.45, 2.75) is 19.9 Å². The summed E-state index contributed by atoms with van der Waals surface area (Å²) in [6.45, 7) is 6.62. The predicted octanol–water partition coefficient (Wildman–Crippen LogP) is 0.616. The van der Waals surface area contributed by atoms with Crippen LogP contribution in [0.3, 0.4) is 0 Å². The van der Waals surface area contributed by atoms with Crippen LogP contribution in [0, 0.1) is 0 Å². The molecule has 158 valence electrons. The number of ether oxygens (including phenoxy) is 2. The largest absolute Gasteiger partial charge is 0.462 e. The molecule has 1 fully saturated rings. The van der Waals surface area contributed by atoms with Crippen LogP contribution >= 0.6 is 0 Å². The first-order valence-corrected chi connectivity index (χ1v) is 10.2. The third-order valence-corrected chi connectivity index (χ3v) is 5.32. The minimum Gasteiger partial charge on any atom is -0.462 e. The summed E-state index contributed by atoms with van der Waals surface area (Å²) < 4.78 is 13.8. The normalized spacial score (nSPS) is 15.0. The third kappa shape index (κ3) is 3.86. The fourth-order valence-corrected chi connectivity index (χ4v) is 3.78. The topological polar surface area (TPSA) is 103 Å². The first-order chi connectivity index (χ1) is 14.6. The molecule has 9 heteroatoms. The summed E-state index contributed by atoms with van der Waals surface area (Å²) in [4.78, 5) is 32.6. The first-order valence-electron chi connectivity index (χ1n) is 10.2. The number of nitrogens with zero attached hydrogens (tertiary/aromatic N) is 4. The smallest absolute Gasteiger partial charge is 0.344 e. The van der Waals surface area contributed by atoms with E-state index in [2.05, 4.69) is 9.88 Å². The molecule has 3 aromatic heterocycles. The summed E-state index contributed by atoms with van der Waals surface area (Å²) in [6, 6.07) is 6.86. The van der Waals surface area contributed by atoms with Crippen LogP contribution in [0.25, 0.3) is 16.7 Å². The number of morpholine rings is 1. The minimum absolute atomic E-state index is 0.186. The van der Waals surface area contributed by atoms with E-state index >= 15 is 0 Å². The number of fused-ring (bicyclic) bond motifs is 2. The molecule has 3 aromatic rings. The molecule has 9 nitrogen and oxygen atoms in total. The molecule has 0 bridgehead atoms. The Morgan fingerprint density at radius 3 is 2.90 bits per heavy atom. The van der Waals surface area contributed by atoms with Crippen molar-refractivity contribution in [3.63, 3.8) is 0 Å². The molecule has 1 aliphatic rings. The van der Waals surface area contributed by atoms with Crippen LogP contribution in [0.2, 0.25) is 0 Å². The van der Waals surface area contributed by atoms with E-state index in [0.717, 1.165) is 39.3 Å². The molecule has 1 aliphatic heterocycles. The van der Waals surface area contributed by atoms with Gasteiger partial charge in [-0.15, -0.1) is 0 Å². The number of carbonyl (C=O) groups excluding carboxylic acids is 1. The number of anilines is 1. The number of nitrogens with two attached hydrogens (primary N) is 1. The summed E-state index contributed by atoms with van der Waals surface area (Å²) >= 11 is 0.